The third-order valence-electron chi connectivity index (χ3n) is 4.91. The summed E-state index contributed by atoms with van der Waals surface area (Å²) in [6, 6.07) is 12.1. The number of amides is 3. The Morgan fingerprint density at radius 3 is 2.89 bits per heavy atom. The van der Waals surface area contributed by atoms with Crippen molar-refractivity contribution in [3.63, 3.8) is 0 Å². The average molecular weight is 496 g/mol. The highest BCUT2D eigenvalue weighted by atomic mass is 32.2. The summed E-state index contributed by atoms with van der Waals surface area (Å²) in [4.78, 5) is 24.4. The van der Waals surface area contributed by atoms with E-state index in [4.69, 9.17) is 14.2 Å². The van der Waals surface area contributed by atoms with Gasteiger partial charge in [-0.25, -0.2) is 4.79 Å². The van der Waals surface area contributed by atoms with Crippen LogP contribution in [0.4, 0.5) is 10.5 Å². The van der Waals surface area contributed by atoms with Crippen LogP contribution in [0.15, 0.2) is 60.3 Å². The number of anilines is 1. The highest BCUT2D eigenvalue weighted by molar-refractivity contribution is 7.99. The van der Waals surface area contributed by atoms with Gasteiger partial charge >= 0.3 is 6.03 Å². The number of nitrogens with one attached hydrogen (secondary N) is 2. The quantitative estimate of drug-likeness (QED) is 0.321. The number of benzene rings is 2. The minimum atomic E-state index is -0.621. The lowest BCUT2D eigenvalue weighted by atomic mass is 10.2. The van der Waals surface area contributed by atoms with Crippen molar-refractivity contribution in [2.75, 3.05) is 17.9 Å². The van der Waals surface area contributed by atoms with Gasteiger partial charge in [0.1, 0.15) is 12.4 Å². The number of carbonyl (C=O) groups excluding carboxylic acids is 2. The zero-order valence-electron chi connectivity index (χ0n) is 19.2. The molecule has 1 aromatic heterocycles. The molecule has 0 spiro atoms. The molecule has 0 fully saturated rings. The second-order valence-electron chi connectivity index (χ2n) is 7.57. The molecule has 11 heteroatoms. The second-order valence-corrected chi connectivity index (χ2v) is 8.63. The first-order chi connectivity index (χ1) is 17.0. The Morgan fingerprint density at radius 2 is 2.06 bits per heavy atom. The van der Waals surface area contributed by atoms with Crippen molar-refractivity contribution >= 4 is 29.4 Å². The fourth-order valence-electron chi connectivity index (χ4n) is 3.26. The van der Waals surface area contributed by atoms with E-state index in [2.05, 4.69) is 27.4 Å². The fraction of sp³-hybridized carbons (Fsp3) is 0.250. The number of urea groups is 1. The molecule has 0 saturated carbocycles. The van der Waals surface area contributed by atoms with Gasteiger partial charge in [-0.1, -0.05) is 30.0 Å². The smallest absolute Gasteiger partial charge is 0.325 e. The topological polar surface area (TPSA) is 117 Å². The van der Waals surface area contributed by atoms with Gasteiger partial charge in [0.15, 0.2) is 22.5 Å². The summed E-state index contributed by atoms with van der Waals surface area (Å²) in [6.07, 6.45) is 1.87. The number of thioether (sulfide) groups is 1. The third-order valence-corrected chi connectivity index (χ3v) is 5.87. The predicted octanol–water partition coefficient (Wildman–Crippen LogP) is 3.91. The molecule has 0 atom stereocenters. The molecule has 4 rings (SSSR count). The highest BCUT2D eigenvalue weighted by Gasteiger charge is 2.16. The standard InChI is InChI=1S/C24H25N5O5S/c1-3-10-29-21(14-32-18-6-4-5-16(2)12-18)27-28-24(29)35-11-9-22(30)26-23(31)25-17-7-8-19-20(13-17)34-15-33-19/h3-8,12-13H,1,9-11,14-15H2,2H3,(H2,25,26,30,31). The molecular weight excluding hydrogens is 470 g/mol. The lowest BCUT2D eigenvalue weighted by Gasteiger charge is -2.10. The highest BCUT2D eigenvalue weighted by Crippen LogP contribution is 2.34. The van der Waals surface area contributed by atoms with Gasteiger partial charge in [-0.15, -0.1) is 16.8 Å². The molecule has 0 saturated heterocycles. The predicted molar refractivity (Wildman–Crippen MR) is 131 cm³/mol. The van der Waals surface area contributed by atoms with Crippen molar-refractivity contribution in [2.45, 2.75) is 31.7 Å². The molecule has 3 amide bonds. The van der Waals surface area contributed by atoms with Gasteiger partial charge in [-0.3, -0.25) is 14.7 Å². The molecule has 3 aromatic rings. The van der Waals surface area contributed by atoms with Crippen molar-refractivity contribution in [1.29, 1.82) is 0 Å². The van der Waals surface area contributed by atoms with Crippen molar-refractivity contribution in [1.82, 2.24) is 20.1 Å². The zero-order chi connectivity index (χ0) is 24.6. The molecule has 1 aliphatic heterocycles. The van der Waals surface area contributed by atoms with Gasteiger partial charge in [-0.05, 0) is 36.8 Å². The lowest BCUT2D eigenvalue weighted by molar-refractivity contribution is -0.119. The van der Waals surface area contributed by atoms with Gasteiger partial charge in [-0.2, -0.15) is 0 Å². The molecule has 2 heterocycles. The van der Waals surface area contributed by atoms with Gasteiger partial charge in [0, 0.05) is 30.5 Å². The molecule has 1 aliphatic rings. The Hall–Kier alpha value is -3.99. The lowest BCUT2D eigenvalue weighted by Crippen LogP contribution is -2.34. The van der Waals surface area contributed by atoms with Crippen LogP contribution < -0.4 is 24.8 Å². The number of hydrogen-bond donors (Lipinski definition) is 2. The Morgan fingerprint density at radius 1 is 1.20 bits per heavy atom. The number of ether oxygens (including phenoxy) is 3. The van der Waals surface area contributed by atoms with E-state index in [1.165, 1.54) is 11.8 Å². The van der Waals surface area contributed by atoms with Crippen LogP contribution in [0.2, 0.25) is 0 Å². The Balaban J connectivity index is 1.25. The number of imide groups is 1. The van der Waals surface area contributed by atoms with Crippen LogP contribution in [0.1, 0.15) is 17.8 Å². The molecule has 2 aromatic carbocycles. The van der Waals surface area contributed by atoms with Gasteiger partial charge < -0.3 is 19.5 Å². The molecule has 35 heavy (non-hydrogen) atoms. The summed E-state index contributed by atoms with van der Waals surface area (Å²) in [5, 5.41) is 14.0. The molecular formula is C24H25N5O5S. The van der Waals surface area contributed by atoms with Crippen molar-refractivity contribution in [2.24, 2.45) is 0 Å². The Labute approximate surface area is 206 Å². The van der Waals surface area contributed by atoms with Crippen LogP contribution in [0, 0.1) is 6.92 Å². The van der Waals surface area contributed by atoms with Gasteiger partial charge in [0.2, 0.25) is 12.7 Å². The summed E-state index contributed by atoms with van der Waals surface area (Å²) in [7, 11) is 0. The average Bonchev–Trinajstić information content (AvgIpc) is 3.44. The number of rotatable bonds is 10. The van der Waals surface area contributed by atoms with Crippen molar-refractivity contribution < 1.29 is 23.8 Å². The first-order valence-electron chi connectivity index (χ1n) is 10.9. The maximum absolute atomic E-state index is 12.2. The van der Waals surface area contributed by atoms with E-state index < -0.39 is 11.9 Å². The summed E-state index contributed by atoms with van der Waals surface area (Å²) in [5.74, 6) is 2.56. The van der Waals surface area contributed by atoms with E-state index in [0.717, 1.165) is 11.3 Å². The van der Waals surface area contributed by atoms with Crippen LogP contribution in [0.5, 0.6) is 17.2 Å². The van der Waals surface area contributed by atoms with Crippen LogP contribution in [0.3, 0.4) is 0 Å². The number of aryl methyl sites for hydroxylation is 1. The van der Waals surface area contributed by atoms with Crippen LogP contribution in [0.25, 0.3) is 0 Å². The Bertz CT molecular complexity index is 1230. The van der Waals surface area contributed by atoms with Gasteiger partial charge in [0.05, 0.1) is 0 Å². The number of hydrogen-bond acceptors (Lipinski definition) is 8. The molecule has 10 nitrogen and oxygen atoms in total. The monoisotopic (exact) mass is 495 g/mol. The van der Waals surface area contributed by atoms with E-state index in [9.17, 15) is 9.59 Å². The van der Waals surface area contributed by atoms with Crippen LogP contribution >= 0.6 is 11.8 Å². The number of aromatic nitrogens is 3. The molecule has 0 aliphatic carbocycles. The maximum atomic E-state index is 12.2. The molecule has 2 N–H and O–H groups in total. The summed E-state index contributed by atoms with van der Waals surface area (Å²) >= 11 is 1.37. The van der Waals surface area contributed by atoms with Crippen molar-refractivity contribution in [3.8, 4) is 17.2 Å². The van der Waals surface area contributed by atoms with E-state index >= 15 is 0 Å². The normalized spacial score (nSPS) is 11.7. The van der Waals surface area contributed by atoms with E-state index in [1.54, 1.807) is 24.3 Å². The van der Waals surface area contributed by atoms with Crippen LogP contribution in [-0.2, 0) is 17.9 Å². The molecule has 0 bridgehead atoms. The molecule has 0 unspecified atom stereocenters. The summed E-state index contributed by atoms with van der Waals surface area (Å²) < 4.78 is 18.2. The second kappa shape index (κ2) is 11.4. The number of allylic oxidation sites excluding steroid dienone is 1. The summed E-state index contributed by atoms with van der Waals surface area (Å²) in [6.45, 7) is 6.69. The zero-order valence-corrected chi connectivity index (χ0v) is 20.0. The first-order valence-corrected chi connectivity index (χ1v) is 11.9. The number of nitrogens with zero attached hydrogens (tertiary/aromatic N) is 3. The Kier molecular flexibility index (Phi) is 7.88. The minimum Gasteiger partial charge on any atom is -0.486 e. The minimum absolute atomic E-state index is 0.120. The number of fused-ring (bicyclic) bond motifs is 1. The fourth-order valence-corrected chi connectivity index (χ4v) is 4.16. The first kappa shape index (κ1) is 24.1. The van der Waals surface area contributed by atoms with Crippen LogP contribution in [-0.4, -0.2) is 39.2 Å². The van der Waals surface area contributed by atoms with E-state index in [1.807, 2.05) is 35.8 Å². The van der Waals surface area contributed by atoms with Gasteiger partial charge in [0.25, 0.3) is 0 Å². The molecule has 182 valence electrons. The van der Waals surface area contributed by atoms with E-state index in [-0.39, 0.29) is 19.8 Å². The number of carbonyl (C=O) groups is 2. The maximum Gasteiger partial charge on any atom is 0.325 e. The largest absolute Gasteiger partial charge is 0.486 e. The third kappa shape index (κ3) is 6.54. The van der Waals surface area contributed by atoms with E-state index in [0.29, 0.717) is 40.5 Å². The SMILES string of the molecule is C=CCn1c(COc2cccc(C)c2)nnc1SCCC(=O)NC(=O)Nc1ccc2c(c1)OCO2. The molecule has 0 radical (unpaired) electrons. The summed E-state index contributed by atoms with van der Waals surface area (Å²) in [5.41, 5.74) is 1.60. The van der Waals surface area contributed by atoms with Crippen molar-refractivity contribution in [3.05, 3.63) is 66.5 Å².